The highest BCUT2D eigenvalue weighted by atomic mass is 79.9. The highest BCUT2D eigenvalue weighted by Crippen LogP contribution is 2.34. The quantitative estimate of drug-likeness (QED) is 0.561. The van der Waals surface area contributed by atoms with Crippen molar-refractivity contribution in [1.29, 1.82) is 0 Å². The van der Waals surface area contributed by atoms with E-state index in [2.05, 4.69) is 15.9 Å². The third-order valence-electron chi connectivity index (χ3n) is 2.48. The first kappa shape index (κ1) is 12.6. The maximum absolute atomic E-state index is 13.3. The van der Waals surface area contributed by atoms with Crippen molar-refractivity contribution in [2.24, 2.45) is 5.92 Å². The minimum Gasteiger partial charge on any atom is -0.207 e. The second-order valence-corrected chi connectivity index (χ2v) is 4.56. The van der Waals surface area contributed by atoms with E-state index in [1.54, 1.807) is 0 Å². The minimum atomic E-state index is -1.15. The second kappa shape index (κ2) is 5.01. The van der Waals surface area contributed by atoms with Gasteiger partial charge in [0.2, 0.25) is 0 Å². The second-order valence-electron chi connectivity index (χ2n) is 3.58. The summed E-state index contributed by atoms with van der Waals surface area (Å²) < 4.78 is 38.9. The molecule has 0 saturated carbocycles. The summed E-state index contributed by atoms with van der Waals surface area (Å²) in [6, 6.07) is 1.50. The van der Waals surface area contributed by atoms with Gasteiger partial charge in [0, 0.05) is 16.5 Å². The Bertz CT molecular complexity index is 352. The van der Waals surface area contributed by atoms with E-state index in [0.29, 0.717) is 6.07 Å². The average Bonchev–Trinajstić information content (AvgIpc) is 2.21. The van der Waals surface area contributed by atoms with E-state index in [-0.39, 0.29) is 16.3 Å². The van der Waals surface area contributed by atoms with Crippen molar-refractivity contribution in [3.63, 3.8) is 0 Å². The van der Waals surface area contributed by atoms with Gasteiger partial charge in [-0.15, -0.1) is 0 Å². The maximum atomic E-state index is 13.3. The molecule has 0 N–H and O–H groups in total. The third-order valence-corrected chi connectivity index (χ3v) is 3.88. The van der Waals surface area contributed by atoms with E-state index in [4.69, 9.17) is 0 Å². The molecule has 1 aromatic carbocycles. The number of halogens is 4. The van der Waals surface area contributed by atoms with E-state index in [1.807, 2.05) is 13.8 Å². The summed E-state index contributed by atoms with van der Waals surface area (Å²) in [5.74, 6) is -2.72. The molecule has 0 aliphatic carbocycles. The highest BCUT2D eigenvalue weighted by Gasteiger charge is 2.20. The van der Waals surface area contributed by atoms with Crippen molar-refractivity contribution in [1.82, 2.24) is 0 Å². The van der Waals surface area contributed by atoms with Crippen molar-refractivity contribution in [2.45, 2.75) is 25.1 Å². The summed E-state index contributed by atoms with van der Waals surface area (Å²) in [7, 11) is 0. The molecule has 0 aromatic heterocycles. The summed E-state index contributed by atoms with van der Waals surface area (Å²) in [5, 5.41) is 0. The fraction of sp³-hybridized carbons (Fsp3) is 0.455. The van der Waals surface area contributed by atoms with E-state index in [0.717, 1.165) is 12.5 Å². The molecule has 0 aliphatic rings. The van der Waals surface area contributed by atoms with Crippen LogP contribution in [0.25, 0.3) is 0 Å². The summed E-state index contributed by atoms with van der Waals surface area (Å²) in [6.07, 6.45) is 0.828. The molecule has 0 amide bonds. The Morgan fingerprint density at radius 1 is 1.13 bits per heavy atom. The highest BCUT2D eigenvalue weighted by molar-refractivity contribution is 9.09. The zero-order valence-corrected chi connectivity index (χ0v) is 10.1. The minimum absolute atomic E-state index is 0.157. The van der Waals surface area contributed by atoms with Gasteiger partial charge in [-0.1, -0.05) is 36.2 Å². The van der Waals surface area contributed by atoms with E-state index < -0.39 is 17.5 Å². The van der Waals surface area contributed by atoms with Crippen molar-refractivity contribution in [3.05, 3.63) is 35.1 Å². The molecule has 1 rings (SSSR count). The first-order valence-electron chi connectivity index (χ1n) is 4.75. The third kappa shape index (κ3) is 2.74. The zero-order valence-electron chi connectivity index (χ0n) is 8.53. The van der Waals surface area contributed by atoms with E-state index in [1.165, 1.54) is 0 Å². The van der Waals surface area contributed by atoms with Crippen LogP contribution in [0.5, 0.6) is 0 Å². The van der Waals surface area contributed by atoms with Crippen molar-refractivity contribution in [3.8, 4) is 0 Å². The molecule has 15 heavy (non-hydrogen) atoms. The van der Waals surface area contributed by atoms with Crippen LogP contribution in [0.4, 0.5) is 13.2 Å². The fourth-order valence-corrected chi connectivity index (χ4v) is 1.99. The predicted molar refractivity (Wildman–Crippen MR) is 57.4 cm³/mol. The topological polar surface area (TPSA) is 0 Å². The van der Waals surface area contributed by atoms with Gasteiger partial charge in [-0.3, -0.25) is 0 Å². The summed E-state index contributed by atoms with van der Waals surface area (Å²) in [6.45, 7) is 3.87. The fourth-order valence-electron chi connectivity index (χ4n) is 1.26. The molecule has 0 heterocycles. The van der Waals surface area contributed by atoms with E-state index >= 15 is 0 Å². The smallest absolute Gasteiger partial charge is 0.161 e. The van der Waals surface area contributed by atoms with Crippen molar-refractivity contribution >= 4 is 15.9 Å². The van der Waals surface area contributed by atoms with Gasteiger partial charge in [-0.25, -0.2) is 13.2 Å². The molecular weight excluding hydrogens is 269 g/mol. The zero-order chi connectivity index (χ0) is 11.6. The largest absolute Gasteiger partial charge is 0.207 e. The van der Waals surface area contributed by atoms with Crippen LogP contribution in [-0.2, 0) is 0 Å². The Morgan fingerprint density at radius 2 is 1.67 bits per heavy atom. The van der Waals surface area contributed by atoms with Crippen molar-refractivity contribution in [2.75, 3.05) is 0 Å². The normalized spacial score (nSPS) is 15.1. The van der Waals surface area contributed by atoms with Gasteiger partial charge in [-0.05, 0) is 12.0 Å². The van der Waals surface area contributed by atoms with Gasteiger partial charge in [-0.2, -0.15) is 0 Å². The molecule has 0 nitrogen and oxygen atoms in total. The number of rotatable bonds is 3. The van der Waals surface area contributed by atoms with Gasteiger partial charge in [0.05, 0.1) is 0 Å². The Morgan fingerprint density at radius 3 is 2.20 bits per heavy atom. The first-order chi connectivity index (χ1) is 6.97. The van der Waals surface area contributed by atoms with Crippen LogP contribution in [0.15, 0.2) is 12.1 Å². The summed E-state index contributed by atoms with van der Waals surface area (Å²) in [4.78, 5) is -0.294. The van der Waals surface area contributed by atoms with Gasteiger partial charge >= 0.3 is 0 Å². The van der Waals surface area contributed by atoms with Gasteiger partial charge in [0.15, 0.2) is 11.6 Å². The molecule has 84 valence electrons. The lowest BCUT2D eigenvalue weighted by Gasteiger charge is -2.17. The lowest BCUT2D eigenvalue weighted by molar-refractivity contribution is 0.478. The summed E-state index contributed by atoms with van der Waals surface area (Å²) in [5.41, 5.74) is 0.170. The summed E-state index contributed by atoms with van der Waals surface area (Å²) >= 11 is 3.29. The molecule has 0 fully saturated rings. The van der Waals surface area contributed by atoms with Crippen LogP contribution in [0.2, 0.25) is 0 Å². The van der Waals surface area contributed by atoms with Crippen LogP contribution >= 0.6 is 15.9 Å². The molecule has 0 radical (unpaired) electrons. The van der Waals surface area contributed by atoms with Crippen LogP contribution in [0.1, 0.15) is 30.7 Å². The Balaban J connectivity index is 3.09. The van der Waals surface area contributed by atoms with Gasteiger partial charge < -0.3 is 0 Å². The molecule has 0 aliphatic heterocycles. The standard InChI is InChI=1S/C11H12BrF3/c1-3-6(2)11(12)7-4-9(14)10(15)5-8(7)13/h4-6,11H,3H2,1-2H3. The van der Waals surface area contributed by atoms with E-state index in [9.17, 15) is 13.2 Å². The molecule has 0 saturated heterocycles. The molecule has 0 spiro atoms. The van der Waals surface area contributed by atoms with Crippen molar-refractivity contribution < 1.29 is 13.2 Å². The monoisotopic (exact) mass is 280 g/mol. The van der Waals surface area contributed by atoms with Crippen LogP contribution in [0.3, 0.4) is 0 Å². The lowest BCUT2D eigenvalue weighted by atomic mass is 9.98. The van der Waals surface area contributed by atoms with Crippen LogP contribution in [0, 0.1) is 23.4 Å². The van der Waals surface area contributed by atoms with Crippen LogP contribution in [-0.4, -0.2) is 0 Å². The number of benzene rings is 1. The Labute approximate surface area is 95.6 Å². The number of hydrogen-bond acceptors (Lipinski definition) is 0. The average molecular weight is 281 g/mol. The Hall–Kier alpha value is -0.510. The SMILES string of the molecule is CCC(C)C(Br)c1cc(F)c(F)cc1F. The molecular formula is C11H12BrF3. The van der Waals surface area contributed by atoms with Gasteiger partial charge in [0.1, 0.15) is 5.82 Å². The predicted octanol–water partition coefficient (Wildman–Crippen LogP) is 4.59. The molecule has 4 heteroatoms. The molecule has 2 atom stereocenters. The lowest BCUT2D eigenvalue weighted by Crippen LogP contribution is -2.06. The van der Waals surface area contributed by atoms with Gasteiger partial charge in [0.25, 0.3) is 0 Å². The Kier molecular flexibility index (Phi) is 4.20. The number of alkyl halides is 1. The number of hydrogen-bond donors (Lipinski definition) is 0. The molecule has 1 aromatic rings. The molecule has 0 bridgehead atoms. The van der Waals surface area contributed by atoms with Crippen LogP contribution < -0.4 is 0 Å². The molecule has 2 unspecified atom stereocenters. The first-order valence-corrected chi connectivity index (χ1v) is 5.67. The maximum Gasteiger partial charge on any atom is 0.161 e.